The van der Waals surface area contributed by atoms with Crippen LogP contribution in [0.1, 0.15) is 13.8 Å². The minimum absolute atomic E-state index is 1.22. The van der Waals surface area contributed by atoms with Gasteiger partial charge in [0.15, 0.2) is 0 Å². The fourth-order valence-corrected chi connectivity index (χ4v) is 0.245. The van der Waals surface area contributed by atoms with Crippen molar-refractivity contribution < 1.29 is 0 Å². The molecule has 0 aliphatic heterocycles. The Kier molecular flexibility index (Phi) is 3.70. The van der Waals surface area contributed by atoms with Crippen molar-refractivity contribution in [1.82, 2.24) is 0 Å². The fourth-order valence-electron chi connectivity index (χ4n) is 0.245. The van der Waals surface area contributed by atoms with Gasteiger partial charge in [-0.25, -0.2) is 0 Å². The Morgan fingerprint density at radius 1 is 1.38 bits per heavy atom. The summed E-state index contributed by atoms with van der Waals surface area (Å²) in [4.78, 5) is 0. The third-order valence-electron chi connectivity index (χ3n) is 0.546. The van der Waals surface area contributed by atoms with Crippen LogP contribution in [0.15, 0.2) is 24.3 Å². The van der Waals surface area contributed by atoms with E-state index in [1.165, 1.54) is 5.57 Å². The van der Waals surface area contributed by atoms with Crippen LogP contribution in [0.2, 0.25) is 0 Å². The summed E-state index contributed by atoms with van der Waals surface area (Å²) < 4.78 is 0. The van der Waals surface area contributed by atoms with Gasteiger partial charge in [0, 0.05) is 0 Å². The van der Waals surface area contributed by atoms with E-state index >= 15 is 0 Å². The van der Waals surface area contributed by atoms with Gasteiger partial charge in [0.05, 0.1) is 0 Å². The van der Waals surface area contributed by atoms with E-state index < -0.39 is 0 Å². The molecular weight excluding hydrogens is 96.1 g/mol. The lowest BCUT2D eigenvalue weighted by Crippen LogP contribution is -1.57. The van der Waals surface area contributed by atoms with Crippen LogP contribution >= 0.6 is 0 Å². The zero-order chi connectivity index (χ0) is 6.41. The number of allylic oxidation sites excluding steroid dienone is 3. The lowest BCUT2D eigenvalue weighted by Gasteiger charge is -1.75. The first-order valence-electron chi connectivity index (χ1n) is 2.52. The molecule has 0 unspecified atom stereocenters. The Bertz CT molecular complexity index is 147. The first kappa shape index (κ1) is 7.04. The molecule has 0 atom stereocenters. The van der Waals surface area contributed by atoms with Crippen LogP contribution in [0.25, 0.3) is 0 Å². The van der Waals surface area contributed by atoms with Crippen LogP contribution < -0.4 is 0 Å². The van der Waals surface area contributed by atoms with Crippen LogP contribution in [0.3, 0.4) is 0 Å². The van der Waals surface area contributed by atoms with Crippen molar-refractivity contribution in [3.8, 4) is 11.8 Å². The number of hydrogen-bond donors (Lipinski definition) is 0. The zero-order valence-electron chi connectivity index (χ0n) is 5.36. The van der Waals surface area contributed by atoms with E-state index in [4.69, 9.17) is 0 Å². The molecule has 0 spiro atoms. The summed E-state index contributed by atoms with van der Waals surface area (Å²) in [6.45, 7) is 7.48. The number of rotatable bonds is 0. The van der Waals surface area contributed by atoms with Gasteiger partial charge in [0.2, 0.25) is 0 Å². The van der Waals surface area contributed by atoms with E-state index in [0.29, 0.717) is 0 Å². The van der Waals surface area contributed by atoms with E-state index in [1.807, 2.05) is 19.9 Å². The summed E-state index contributed by atoms with van der Waals surface area (Å²) in [6, 6.07) is 0. The molecule has 0 radical (unpaired) electrons. The average Bonchev–Trinajstić information content (AvgIpc) is 1.66. The van der Waals surface area contributed by atoms with E-state index in [1.54, 1.807) is 6.08 Å². The lowest BCUT2D eigenvalue weighted by atomic mass is 10.3. The van der Waals surface area contributed by atoms with E-state index in [0.717, 1.165) is 0 Å². The van der Waals surface area contributed by atoms with Gasteiger partial charge in [0.25, 0.3) is 0 Å². The molecule has 0 bridgehead atoms. The lowest BCUT2D eigenvalue weighted by molar-refractivity contribution is 1.40. The Morgan fingerprint density at radius 2 is 2.00 bits per heavy atom. The van der Waals surface area contributed by atoms with Gasteiger partial charge in [-0.05, 0) is 26.0 Å². The van der Waals surface area contributed by atoms with E-state index in [2.05, 4.69) is 18.4 Å². The van der Waals surface area contributed by atoms with Gasteiger partial charge in [0.1, 0.15) is 0 Å². The molecule has 0 nitrogen and oxygen atoms in total. The second kappa shape index (κ2) is 4.21. The summed E-state index contributed by atoms with van der Waals surface area (Å²) in [5.41, 5.74) is 1.22. The van der Waals surface area contributed by atoms with Gasteiger partial charge in [-0.3, -0.25) is 0 Å². The summed E-state index contributed by atoms with van der Waals surface area (Å²) in [5, 5.41) is 0. The highest BCUT2D eigenvalue weighted by Gasteiger charge is 1.65. The SMILES string of the molecule is C=CC#CC=C(C)C. The highest BCUT2D eigenvalue weighted by atomic mass is 13.7. The molecule has 42 valence electrons. The van der Waals surface area contributed by atoms with Crippen molar-refractivity contribution in [3.63, 3.8) is 0 Å². The summed E-state index contributed by atoms with van der Waals surface area (Å²) in [7, 11) is 0. The molecule has 0 N–H and O–H groups in total. The molecule has 0 aromatic rings. The second-order valence-electron chi connectivity index (χ2n) is 1.71. The Balaban J connectivity index is 3.74. The van der Waals surface area contributed by atoms with Crippen molar-refractivity contribution in [2.75, 3.05) is 0 Å². The van der Waals surface area contributed by atoms with E-state index in [-0.39, 0.29) is 0 Å². The first-order valence-corrected chi connectivity index (χ1v) is 2.52. The molecule has 0 amide bonds. The fraction of sp³-hybridized carbons (Fsp3) is 0.250. The Labute approximate surface area is 50.9 Å². The van der Waals surface area contributed by atoms with Gasteiger partial charge < -0.3 is 0 Å². The topological polar surface area (TPSA) is 0 Å². The molecule has 8 heavy (non-hydrogen) atoms. The molecule has 0 heteroatoms. The molecule has 0 aliphatic rings. The van der Waals surface area contributed by atoms with Crippen LogP contribution in [-0.4, -0.2) is 0 Å². The third kappa shape index (κ3) is 5.04. The highest BCUT2D eigenvalue weighted by Crippen LogP contribution is 1.83. The van der Waals surface area contributed by atoms with Crippen LogP contribution in [-0.2, 0) is 0 Å². The van der Waals surface area contributed by atoms with Crippen molar-refractivity contribution >= 4 is 0 Å². The Morgan fingerprint density at radius 3 is 2.38 bits per heavy atom. The minimum atomic E-state index is 1.22. The summed E-state index contributed by atoms with van der Waals surface area (Å²) in [5.74, 6) is 5.52. The monoisotopic (exact) mass is 106 g/mol. The predicted octanol–water partition coefficient (Wildman–Crippen LogP) is 2.14. The predicted molar refractivity (Wildman–Crippen MR) is 37.4 cm³/mol. The molecule has 0 aliphatic carbocycles. The molecule has 0 heterocycles. The first-order chi connectivity index (χ1) is 3.77. The van der Waals surface area contributed by atoms with E-state index in [9.17, 15) is 0 Å². The molecule has 0 fully saturated rings. The van der Waals surface area contributed by atoms with Gasteiger partial charge in [-0.1, -0.05) is 24.0 Å². The van der Waals surface area contributed by atoms with Crippen molar-refractivity contribution in [2.45, 2.75) is 13.8 Å². The standard InChI is InChI=1S/C8H10/c1-4-5-6-7-8(2)3/h4,7H,1H2,2-3H3. The smallest absolute Gasteiger partial charge is 0.0129 e. The second-order valence-corrected chi connectivity index (χ2v) is 1.71. The summed E-state index contributed by atoms with van der Waals surface area (Å²) in [6.07, 6.45) is 3.45. The van der Waals surface area contributed by atoms with Gasteiger partial charge >= 0.3 is 0 Å². The number of hydrogen-bond acceptors (Lipinski definition) is 0. The molecule has 0 saturated carbocycles. The summed E-state index contributed by atoms with van der Waals surface area (Å²) >= 11 is 0. The van der Waals surface area contributed by atoms with Crippen LogP contribution in [0.4, 0.5) is 0 Å². The largest absolute Gasteiger partial charge is 0.0906 e. The molecule has 0 saturated heterocycles. The maximum absolute atomic E-state index is 3.45. The van der Waals surface area contributed by atoms with Gasteiger partial charge in [-0.15, -0.1) is 0 Å². The van der Waals surface area contributed by atoms with Crippen LogP contribution in [0.5, 0.6) is 0 Å². The average molecular weight is 106 g/mol. The minimum Gasteiger partial charge on any atom is -0.0906 e. The van der Waals surface area contributed by atoms with Gasteiger partial charge in [-0.2, -0.15) is 0 Å². The highest BCUT2D eigenvalue weighted by molar-refractivity contribution is 5.24. The zero-order valence-corrected chi connectivity index (χ0v) is 5.36. The van der Waals surface area contributed by atoms with Crippen molar-refractivity contribution in [2.24, 2.45) is 0 Å². The Hall–Kier alpha value is -0.960. The van der Waals surface area contributed by atoms with Crippen LogP contribution in [0, 0.1) is 11.8 Å². The third-order valence-corrected chi connectivity index (χ3v) is 0.546. The molecule has 0 aromatic carbocycles. The molecule has 0 rings (SSSR count). The maximum Gasteiger partial charge on any atom is -0.0129 e. The normalized spacial score (nSPS) is 6.25. The maximum atomic E-state index is 3.45. The quantitative estimate of drug-likeness (QED) is 0.415. The molecular formula is C8H10. The van der Waals surface area contributed by atoms with Crippen molar-refractivity contribution in [3.05, 3.63) is 24.3 Å². The van der Waals surface area contributed by atoms with Crippen molar-refractivity contribution in [1.29, 1.82) is 0 Å². The molecule has 0 aromatic heterocycles.